The minimum absolute atomic E-state index is 0.319. The molecule has 1 unspecified atom stereocenters. The molecule has 0 radical (unpaired) electrons. The van der Waals surface area contributed by atoms with Gasteiger partial charge in [0.1, 0.15) is 11.9 Å². The Hall–Kier alpha value is -0.710. The lowest BCUT2D eigenvalue weighted by Crippen LogP contribution is -2.00. The molecular formula is C12H10BrFOS. The van der Waals surface area contributed by atoms with Crippen molar-refractivity contribution in [3.8, 4) is 0 Å². The van der Waals surface area contributed by atoms with Crippen LogP contribution in [-0.4, -0.2) is 5.11 Å². The summed E-state index contributed by atoms with van der Waals surface area (Å²) in [6.45, 7) is 1.82. The Kier molecular flexibility index (Phi) is 3.42. The molecule has 16 heavy (non-hydrogen) atoms. The highest BCUT2D eigenvalue weighted by molar-refractivity contribution is 9.11. The Morgan fingerprint density at radius 1 is 1.31 bits per heavy atom. The summed E-state index contributed by atoms with van der Waals surface area (Å²) in [6, 6.07) is 8.49. The van der Waals surface area contributed by atoms with Crippen molar-refractivity contribution >= 4 is 27.3 Å². The molecule has 0 saturated carbocycles. The quantitative estimate of drug-likeness (QED) is 0.887. The first-order valence-corrected chi connectivity index (χ1v) is 6.38. The molecule has 1 heterocycles. The van der Waals surface area contributed by atoms with E-state index in [1.54, 1.807) is 18.2 Å². The first kappa shape index (κ1) is 11.8. The Morgan fingerprint density at radius 3 is 2.62 bits per heavy atom. The second kappa shape index (κ2) is 4.65. The number of aryl methyl sites for hydroxylation is 1. The minimum atomic E-state index is -0.892. The van der Waals surface area contributed by atoms with Crippen molar-refractivity contribution in [2.45, 2.75) is 13.0 Å². The van der Waals surface area contributed by atoms with Crippen LogP contribution in [0.5, 0.6) is 0 Å². The van der Waals surface area contributed by atoms with Crippen LogP contribution in [0.3, 0.4) is 0 Å². The second-order valence-corrected chi connectivity index (χ2v) is 6.06. The SMILES string of the molecule is Cc1ccc(C(O)c2ccc(Br)s2)c(F)c1. The number of halogens is 2. The van der Waals surface area contributed by atoms with Crippen molar-refractivity contribution in [3.05, 3.63) is 55.9 Å². The summed E-state index contributed by atoms with van der Waals surface area (Å²) >= 11 is 4.72. The van der Waals surface area contributed by atoms with E-state index in [1.165, 1.54) is 17.4 Å². The first-order chi connectivity index (χ1) is 7.58. The van der Waals surface area contributed by atoms with Crippen LogP contribution in [-0.2, 0) is 0 Å². The van der Waals surface area contributed by atoms with E-state index in [1.807, 2.05) is 13.0 Å². The second-order valence-electron chi connectivity index (χ2n) is 3.57. The van der Waals surface area contributed by atoms with Gasteiger partial charge in [-0.05, 0) is 46.6 Å². The Bertz CT molecular complexity index is 509. The molecule has 1 nitrogen and oxygen atoms in total. The number of hydrogen-bond donors (Lipinski definition) is 1. The van der Waals surface area contributed by atoms with Crippen molar-refractivity contribution in [1.82, 2.24) is 0 Å². The maximum atomic E-state index is 13.6. The number of benzene rings is 1. The van der Waals surface area contributed by atoms with Crippen LogP contribution in [0.1, 0.15) is 22.1 Å². The van der Waals surface area contributed by atoms with E-state index < -0.39 is 6.10 Å². The van der Waals surface area contributed by atoms with Crippen LogP contribution < -0.4 is 0 Å². The summed E-state index contributed by atoms with van der Waals surface area (Å²) < 4.78 is 14.6. The smallest absolute Gasteiger partial charge is 0.129 e. The molecular weight excluding hydrogens is 291 g/mol. The van der Waals surface area contributed by atoms with Gasteiger partial charge in [-0.25, -0.2) is 4.39 Å². The van der Waals surface area contributed by atoms with Crippen LogP contribution in [0, 0.1) is 12.7 Å². The van der Waals surface area contributed by atoms with Gasteiger partial charge in [0.25, 0.3) is 0 Å². The van der Waals surface area contributed by atoms with Crippen LogP contribution in [0.4, 0.5) is 4.39 Å². The van der Waals surface area contributed by atoms with Gasteiger partial charge in [0, 0.05) is 10.4 Å². The molecule has 1 atom stereocenters. The molecule has 0 aliphatic carbocycles. The molecule has 1 aromatic heterocycles. The Morgan fingerprint density at radius 2 is 2.06 bits per heavy atom. The largest absolute Gasteiger partial charge is 0.383 e. The molecule has 1 N–H and O–H groups in total. The van der Waals surface area contributed by atoms with Crippen molar-refractivity contribution in [3.63, 3.8) is 0 Å². The van der Waals surface area contributed by atoms with E-state index >= 15 is 0 Å². The standard InChI is InChI=1S/C12H10BrFOS/c1-7-2-3-8(9(14)6-7)12(15)10-4-5-11(13)16-10/h2-6,12,15H,1H3. The average molecular weight is 301 g/mol. The van der Waals surface area contributed by atoms with Crippen LogP contribution in [0.25, 0.3) is 0 Å². The predicted octanol–water partition coefficient (Wildman–Crippen LogP) is 4.04. The lowest BCUT2D eigenvalue weighted by Gasteiger charge is -2.10. The molecule has 2 rings (SSSR count). The van der Waals surface area contributed by atoms with Crippen molar-refractivity contribution in [2.75, 3.05) is 0 Å². The Labute approximate surface area is 106 Å². The highest BCUT2D eigenvalue weighted by atomic mass is 79.9. The van der Waals surface area contributed by atoms with Crippen molar-refractivity contribution in [2.24, 2.45) is 0 Å². The number of aliphatic hydroxyl groups excluding tert-OH is 1. The summed E-state index contributed by atoms with van der Waals surface area (Å²) in [7, 11) is 0. The monoisotopic (exact) mass is 300 g/mol. The summed E-state index contributed by atoms with van der Waals surface area (Å²) in [5.41, 5.74) is 1.17. The molecule has 4 heteroatoms. The number of hydrogen-bond acceptors (Lipinski definition) is 2. The molecule has 0 fully saturated rings. The topological polar surface area (TPSA) is 20.2 Å². The van der Waals surface area contributed by atoms with Gasteiger partial charge in [-0.1, -0.05) is 12.1 Å². The number of rotatable bonds is 2. The highest BCUT2D eigenvalue weighted by Gasteiger charge is 2.16. The summed E-state index contributed by atoms with van der Waals surface area (Å²) in [4.78, 5) is 0.731. The van der Waals surface area contributed by atoms with Gasteiger partial charge in [0.15, 0.2) is 0 Å². The lowest BCUT2D eigenvalue weighted by molar-refractivity contribution is 0.218. The zero-order chi connectivity index (χ0) is 11.7. The number of aliphatic hydroxyl groups is 1. The van der Waals surface area contributed by atoms with E-state index in [-0.39, 0.29) is 5.82 Å². The maximum Gasteiger partial charge on any atom is 0.129 e. The lowest BCUT2D eigenvalue weighted by atomic mass is 10.1. The van der Waals surface area contributed by atoms with Gasteiger partial charge in [0.2, 0.25) is 0 Å². The molecule has 0 aliphatic rings. The van der Waals surface area contributed by atoms with Gasteiger partial charge < -0.3 is 5.11 Å². The van der Waals surface area contributed by atoms with Crippen LogP contribution >= 0.6 is 27.3 Å². The highest BCUT2D eigenvalue weighted by Crippen LogP contribution is 2.32. The molecule has 0 amide bonds. The molecule has 0 spiro atoms. The maximum absolute atomic E-state index is 13.6. The zero-order valence-corrected chi connectivity index (χ0v) is 11.0. The van der Waals surface area contributed by atoms with Gasteiger partial charge in [0.05, 0.1) is 3.79 Å². The van der Waals surface area contributed by atoms with Gasteiger partial charge in [-0.3, -0.25) is 0 Å². The van der Waals surface area contributed by atoms with E-state index in [0.717, 1.165) is 14.2 Å². The fraction of sp³-hybridized carbons (Fsp3) is 0.167. The number of thiophene rings is 1. The minimum Gasteiger partial charge on any atom is -0.383 e. The van der Waals surface area contributed by atoms with E-state index in [0.29, 0.717) is 5.56 Å². The third-order valence-electron chi connectivity index (χ3n) is 2.31. The van der Waals surface area contributed by atoms with Gasteiger partial charge in [-0.2, -0.15) is 0 Å². The average Bonchev–Trinajstić information content (AvgIpc) is 2.64. The summed E-state index contributed by atoms with van der Waals surface area (Å²) in [6.07, 6.45) is -0.892. The Balaban J connectivity index is 2.37. The third kappa shape index (κ3) is 2.34. The van der Waals surface area contributed by atoms with Crippen molar-refractivity contribution in [1.29, 1.82) is 0 Å². The fourth-order valence-corrected chi connectivity index (χ4v) is 2.91. The van der Waals surface area contributed by atoms with Crippen LogP contribution in [0.2, 0.25) is 0 Å². The molecule has 0 saturated heterocycles. The summed E-state index contributed by atoms with van der Waals surface area (Å²) in [5.74, 6) is -0.364. The fourth-order valence-electron chi connectivity index (χ4n) is 1.48. The van der Waals surface area contributed by atoms with E-state index in [9.17, 15) is 9.50 Å². The molecule has 2 aromatic rings. The zero-order valence-electron chi connectivity index (χ0n) is 8.58. The third-order valence-corrected chi connectivity index (χ3v) is 3.99. The summed E-state index contributed by atoms with van der Waals surface area (Å²) in [5, 5.41) is 10.0. The molecule has 0 aliphatic heterocycles. The normalized spacial score (nSPS) is 12.8. The first-order valence-electron chi connectivity index (χ1n) is 4.77. The molecule has 1 aromatic carbocycles. The van der Waals surface area contributed by atoms with Gasteiger partial charge in [-0.15, -0.1) is 11.3 Å². The molecule has 0 bridgehead atoms. The van der Waals surface area contributed by atoms with Gasteiger partial charge >= 0.3 is 0 Å². The molecule has 84 valence electrons. The van der Waals surface area contributed by atoms with E-state index in [4.69, 9.17) is 0 Å². The van der Waals surface area contributed by atoms with Crippen molar-refractivity contribution < 1.29 is 9.50 Å². The van der Waals surface area contributed by atoms with E-state index in [2.05, 4.69) is 15.9 Å². The predicted molar refractivity (Wildman–Crippen MR) is 67.2 cm³/mol. The van der Waals surface area contributed by atoms with Crippen LogP contribution in [0.15, 0.2) is 34.1 Å².